The average Bonchev–Trinajstić information content (AvgIpc) is 3.00. The van der Waals surface area contributed by atoms with E-state index in [0.29, 0.717) is 24.1 Å². The molecule has 25 heavy (non-hydrogen) atoms. The highest BCUT2D eigenvalue weighted by Gasteiger charge is 2.47. The van der Waals surface area contributed by atoms with Gasteiger partial charge < -0.3 is 19.0 Å². The van der Waals surface area contributed by atoms with E-state index < -0.39 is 5.72 Å². The van der Waals surface area contributed by atoms with Crippen LogP contribution in [0.25, 0.3) is 11.0 Å². The predicted octanol–water partition coefficient (Wildman–Crippen LogP) is 2.11. The van der Waals surface area contributed by atoms with Gasteiger partial charge in [0.1, 0.15) is 11.3 Å². The van der Waals surface area contributed by atoms with Gasteiger partial charge in [0.05, 0.1) is 12.0 Å². The standard InChI is InChI=1S/C18H20N2O4.ClH/c1-19-8-6-18(7-9-19)20(10-11-23-18)17(22)16-12-14(21)13-4-2-3-5-15(13)24-16;/h2-5,12H,6-11H2,1H3;1H. The van der Waals surface area contributed by atoms with Gasteiger partial charge in [-0.15, -0.1) is 12.4 Å². The van der Waals surface area contributed by atoms with Crippen LogP contribution in [0, 0.1) is 0 Å². The minimum absolute atomic E-state index is 0. The molecule has 0 atom stereocenters. The molecule has 0 N–H and O–H groups in total. The normalized spacial score (nSPS) is 20.0. The van der Waals surface area contributed by atoms with Crippen LogP contribution in [-0.2, 0) is 4.74 Å². The molecule has 1 aromatic carbocycles. The highest BCUT2D eigenvalue weighted by Crippen LogP contribution is 2.35. The Bertz CT molecular complexity index is 842. The molecule has 2 fully saturated rings. The minimum Gasteiger partial charge on any atom is -0.451 e. The van der Waals surface area contributed by atoms with Gasteiger partial charge in [0.2, 0.25) is 0 Å². The fraction of sp³-hybridized carbons (Fsp3) is 0.444. The Morgan fingerprint density at radius 1 is 1.16 bits per heavy atom. The first kappa shape index (κ1) is 17.9. The van der Waals surface area contributed by atoms with Gasteiger partial charge in [-0.25, -0.2) is 0 Å². The van der Waals surface area contributed by atoms with Crippen molar-refractivity contribution in [1.82, 2.24) is 9.80 Å². The largest absolute Gasteiger partial charge is 0.451 e. The van der Waals surface area contributed by atoms with Crippen molar-refractivity contribution < 1.29 is 13.9 Å². The molecule has 1 amide bonds. The van der Waals surface area contributed by atoms with Crippen molar-refractivity contribution in [3.63, 3.8) is 0 Å². The maximum Gasteiger partial charge on any atom is 0.292 e. The number of fused-ring (bicyclic) bond motifs is 1. The van der Waals surface area contributed by atoms with Crippen LogP contribution in [0.2, 0.25) is 0 Å². The summed E-state index contributed by atoms with van der Waals surface area (Å²) < 4.78 is 11.7. The SMILES string of the molecule is CN1CCC2(CC1)OCCN2C(=O)c1cc(=O)c2ccccc2o1.Cl. The van der Waals surface area contributed by atoms with Crippen molar-refractivity contribution in [1.29, 1.82) is 0 Å². The monoisotopic (exact) mass is 364 g/mol. The summed E-state index contributed by atoms with van der Waals surface area (Å²) >= 11 is 0. The molecule has 3 heterocycles. The third-order valence-electron chi connectivity index (χ3n) is 5.04. The molecule has 4 rings (SSSR count). The van der Waals surface area contributed by atoms with E-state index in [4.69, 9.17) is 9.15 Å². The molecular weight excluding hydrogens is 344 g/mol. The molecule has 2 aromatic rings. The highest BCUT2D eigenvalue weighted by atomic mass is 35.5. The van der Waals surface area contributed by atoms with Gasteiger partial charge in [0.15, 0.2) is 11.2 Å². The fourth-order valence-corrected chi connectivity index (χ4v) is 3.62. The second-order valence-corrected chi connectivity index (χ2v) is 6.53. The number of carbonyl (C=O) groups is 1. The summed E-state index contributed by atoms with van der Waals surface area (Å²) in [6.07, 6.45) is 1.54. The van der Waals surface area contributed by atoms with E-state index in [2.05, 4.69) is 11.9 Å². The molecule has 7 heteroatoms. The molecule has 2 aliphatic rings. The molecule has 0 saturated carbocycles. The number of para-hydroxylation sites is 1. The lowest BCUT2D eigenvalue weighted by Crippen LogP contribution is -2.54. The molecule has 0 bridgehead atoms. The third kappa shape index (κ3) is 3.05. The molecular formula is C18H21ClN2O4. The first-order chi connectivity index (χ1) is 11.6. The number of rotatable bonds is 1. The third-order valence-corrected chi connectivity index (χ3v) is 5.04. The van der Waals surface area contributed by atoms with Crippen molar-refractivity contribution in [2.75, 3.05) is 33.3 Å². The number of piperidine rings is 1. The van der Waals surface area contributed by atoms with Gasteiger partial charge in [-0.3, -0.25) is 9.59 Å². The molecule has 1 spiro atoms. The quantitative estimate of drug-likeness (QED) is 0.775. The highest BCUT2D eigenvalue weighted by molar-refractivity contribution is 5.93. The summed E-state index contributed by atoms with van der Waals surface area (Å²) in [5, 5.41) is 0.487. The molecule has 2 saturated heterocycles. The van der Waals surface area contributed by atoms with Crippen LogP contribution in [0.1, 0.15) is 23.4 Å². The summed E-state index contributed by atoms with van der Waals surface area (Å²) in [6, 6.07) is 8.28. The first-order valence-electron chi connectivity index (χ1n) is 8.26. The Morgan fingerprint density at radius 2 is 1.88 bits per heavy atom. The van der Waals surface area contributed by atoms with Crippen molar-refractivity contribution in [2.45, 2.75) is 18.6 Å². The smallest absolute Gasteiger partial charge is 0.292 e. The maximum absolute atomic E-state index is 13.0. The summed E-state index contributed by atoms with van der Waals surface area (Å²) in [5.74, 6) is -0.178. The molecule has 0 radical (unpaired) electrons. The Hall–Kier alpha value is -1.89. The van der Waals surface area contributed by atoms with Gasteiger partial charge in [0, 0.05) is 38.5 Å². The molecule has 1 aromatic heterocycles. The number of nitrogens with zero attached hydrogens (tertiary/aromatic N) is 2. The summed E-state index contributed by atoms with van der Waals surface area (Å²) in [4.78, 5) is 29.2. The molecule has 6 nitrogen and oxygen atoms in total. The number of halogens is 1. The summed E-state index contributed by atoms with van der Waals surface area (Å²) in [7, 11) is 2.07. The number of benzene rings is 1. The van der Waals surface area contributed by atoms with Crippen LogP contribution in [-0.4, -0.2) is 54.7 Å². The minimum atomic E-state index is -0.562. The van der Waals surface area contributed by atoms with E-state index in [9.17, 15) is 9.59 Å². The number of hydrogen-bond acceptors (Lipinski definition) is 5. The average molecular weight is 365 g/mol. The van der Waals surface area contributed by atoms with Crippen LogP contribution in [0.3, 0.4) is 0 Å². The lowest BCUT2D eigenvalue weighted by Gasteiger charge is -2.42. The van der Waals surface area contributed by atoms with E-state index >= 15 is 0 Å². The van der Waals surface area contributed by atoms with E-state index in [1.165, 1.54) is 6.07 Å². The second kappa shape index (κ2) is 6.78. The zero-order chi connectivity index (χ0) is 16.7. The van der Waals surface area contributed by atoms with Crippen molar-refractivity contribution in [3.05, 3.63) is 46.3 Å². The molecule has 0 aliphatic carbocycles. The number of ether oxygens (including phenoxy) is 1. The Labute approximate surface area is 151 Å². The van der Waals surface area contributed by atoms with Crippen molar-refractivity contribution >= 4 is 29.3 Å². The lowest BCUT2D eigenvalue weighted by molar-refractivity contribution is -0.103. The zero-order valence-corrected chi connectivity index (χ0v) is 14.9. The predicted molar refractivity (Wildman–Crippen MR) is 96.2 cm³/mol. The van der Waals surface area contributed by atoms with Crippen molar-refractivity contribution in [2.24, 2.45) is 0 Å². The van der Waals surface area contributed by atoms with Crippen LogP contribution in [0.5, 0.6) is 0 Å². The van der Waals surface area contributed by atoms with Gasteiger partial charge >= 0.3 is 0 Å². The van der Waals surface area contributed by atoms with Crippen molar-refractivity contribution in [3.8, 4) is 0 Å². The molecule has 0 unspecified atom stereocenters. The topological polar surface area (TPSA) is 63.0 Å². The summed E-state index contributed by atoms with van der Waals surface area (Å²) in [6.45, 7) is 2.81. The van der Waals surface area contributed by atoms with E-state index in [1.54, 1.807) is 29.2 Å². The van der Waals surface area contributed by atoms with Gasteiger partial charge in [-0.05, 0) is 19.2 Å². The number of amides is 1. The number of carbonyl (C=O) groups excluding carboxylic acids is 1. The number of hydrogen-bond donors (Lipinski definition) is 0. The second-order valence-electron chi connectivity index (χ2n) is 6.53. The van der Waals surface area contributed by atoms with Gasteiger partial charge in [-0.2, -0.15) is 0 Å². The van der Waals surface area contributed by atoms with E-state index in [1.807, 2.05) is 0 Å². The van der Waals surface area contributed by atoms with Gasteiger partial charge in [0.25, 0.3) is 5.91 Å². The van der Waals surface area contributed by atoms with E-state index in [-0.39, 0.29) is 29.5 Å². The Balaban J connectivity index is 0.00000182. The molecule has 134 valence electrons. The zero-order valence-electron chi connectivity index (χ0n) is 14.1. The lowest BCUT2D eigenvalue weighted by atomic mass is 9.99. The van der Waals surface area contributed by atoms with Gasteiger partial charge in [-0.1, -0.05) is 12.1 Å². The Kier molecular flexibility index (Phi) is 4.86. The fourth-order valence-electron chi connectivity index (χ4n) is 3.62. The number of likely N-dealkylation sites (tertiary alicyclic amines) is 1. The van der Waals surface area contributed by atoms with Crippen LogP contribution < -0.4 is 5.43 Å². The maximum atomic E-state index is 13.0. The van der Waals surface area contributed by atoms with E-state index in [0.717, 1.165) is 25.9 Å². The molecule has 2 aliphatic heterocycles. The Morgan fingerprint density at radius 3 is 2.64 bits per heavy atom. The van der Waals surface area contributed by atoms with Crippen LogP contribution >= 0.6 is 12.4 Å². The van der Waals surface area contributed by atoms with Crippen LogP contribution in [0.4, 0.5) is 0 Å². The summed E-state index contributed by atoms with van der Waals surface area (Å²) in [5.41, 5.74) is -0.322. The van der Waals surface area contributed by atoms with Crippen LogP contribution in [0.15, 0.2) is 39.5 Å². The first-order valence-corrected chi connectivity index (χ1v) is 8.26.